The highest BCUT2D eigenvalue weighted by Crippen LogP contribution is 2.52. The molecule has 35 heavy (non-hydrogen) atoms. The van der Waals surface area contributed by atoms with Gasteiger partial charge in [0.25, 0.3) is 0 Å². The number of amides is 1. The van der Waals surface area contributed by atoms with Crippen LogP contribution in [0, 0.1) is 17.2 Å². The van der Waals surface area contributed by atoms with E-state index in [1.807, 2.05) is 6.07 Å². The Kier molecular flexibility index (Phi) is 7.29. The van der Waals surface area contributed by atoms with Crippen LogP contribution in [-0.4, -0.2) is 48.2 Å². The molecule has 0 aliphatic heterocycles. The van der Waals surface area contributed by atoms with E-state index in [4.69, 9.17) is 5.73 Å². The number of pyridine rings is 1. The molecule has 1 fully saturated rings. The number of alkyl halides is 3. The fourth-order valence-electron chi connectivity index (χ4n) is 4.20. The molecule has 1 saturated carbocycles. The van der Waals surface area contributed by atoms with E-state index in [1.54, 1.807) is 13.8 Å². The second-order valence-electron chi connectivity index (χ2n) is 9.32. The van der Waals surface area contributed by atoms with Crippen molar-refractivity contribution in [2.75, 3.05) is 6.26 Å². The summed E-state index contributed by atoms with van der Waals surface area (Å²) in [7, 11) is -3.44. The van der Waals surface area contributed by atoms with Gasteiger partial charge in [-0.1, -0.05) is 38.1 Å². The SMILES string of the molecule is CC(C)C[C@@H](C(N)=O)N([C@@H](c1ccc(-c2ccc(S(C)(=O)=O)cn2)cc1)C(F)(F)F)C1(C#N)CC1. The standard InChI is InChI=1S/C24H27F3N4O3S/c1-15(2)12-20(22(29)32)31(23(14-28)10-11-23)21(24(25,26)27)17-6-4-16(5-7-17)19-9-8-18(13-30-19)35(3,33)34/h4-9,13,15,20-21H,10-12H2,1-3H3,(H2,29,32)/t20-,21-/m0/s1. The predicted molar refractivity (Wildman–Crippen MR) is 123 cm³/mol. The van der Waals surface area contributed by atoms with Gasteiger partial charge in [-0.3, -0.25) is 14.7 Å². The topological polar surface area (TPSA) is 117 Å². The molecule has 1 aromatic heterocycles. The third-order valence-electron chi connectivity index (χ3n) is 6.06. The van der Waals surface area contributed by atoms with Crippen molar-refractivity contribution in [1.29, 1.82) is 5.26 Å². The molecule has 3 rings (SSSR count). The van der Waals surface area contributed by atoms with Gasteiger partial charge in [-0.2, -0.15) is 18.4 Å². The van der Waals surface area contributed by atoms with Crippen LogP contribution in [0.15, 0.2) is 47.5 Å². The van der Waals surface area contributed by atoms with Crippen molar-refractivity contribution in [1.82, 2.24) is 9.88 Å². The normalized spacial score (nSPS) is 17.1. The zero-order chi connectivity index (χ0) is 26.2. The molecule has 1 aliphatic carbocycles. The largest absolute Gasteiger partial charge is 0.408 e. The summed E-state index contributed by atoms with van der Waals surface area (Å²) in [5, 5.41) is 9.76. The minimum Gasteiger partial charge on any atom is -0.368 e. The number of nitrogens with two attached hydrogens (primary N) is 1. The summed E-state index contributed by atoms with van der Waals surface area (Å²) in [5.41, 5.74) is 4.87. The number of hydrogen-bond acceptors (Lipinski definition) is 6. The molecule has 0 saturated heterocycles. The zero-order valence-corrected chi connectivity index (χ0v) is 20.4. The van der Waals surface area contributed by atoms with E-state index in [1.165, 1.54) is 42.6 Å². The average molecular weight is 509 g/mol. The van der Waals surface area contributed by atoms with E-state index in [2.05, 4.69) is 4.98 Å². The van der Waals surface area contributed by atoms with E-state index < -0.39 is 39.5 Å². The molecule has 0 bridgehead atoms. The molecule has 2 atom stereocenters. The molecular weight excluding hydrogens is 481 g/mol. The Hall–Kier alpha value is -2.97. The minimum atomic E-state index is -4.78. The number of nitrogens with zero attached hydrogens (tertiary/aromatic N) is 3. The summed E-state index contributed by atoms with van der Waals surface area (Å²) in [6, 6.07) is 6.82. The Morgan fingerprint density at radius 1 is 1.20 bits per heavy atom. The minimum absolute atomic E-state index is 0.0273. The van der Waals surface area contributed by atoms with Crippen LogP contribution in [0.25, 0.3) is 11.3 Å². The summed E-state index contributed by atoms with van der Waals surface area (Å²) in [5.74, 6) is -1.03. The van der Waals surface area contributed by atoms with Crippen molar-refractivity contribution in [2.45, 2.75) is 61.8 Å². The Labute approximate surface area is 202 Å². The van der Waals surface area contributed by atoms with E-state index >= 15 is 0 Å². The van der Waals surface area contributed by atoms with Gasteiger partial charge in [-0.25, -0.2) is 8.42 Å². The fraction of sp³-hybridized carbons (Fsp3) is 0.458. The van der Waals surface area contributed by atoms with Gasteiger partial charge in [-0.05, 0) is 42.9 Å². The number of benzene rings is 1. The second-order valence-corrected chi connectivity index (χ2v) is 11.3. The van der Waals surface area contributed by atoms with Gasteiger partial charge in [0.15, 0.2) is 9.84 Å². The van der Waals surface area contributed by atoms with Gasteiger partial charge < -0.3 is 5.73 Å². The first-order valence-electron chi connectivity index (χ1n) is 11.0. The van der Waals surface area contributed by atoms with Gasteiger partial charge >= 0.3 is 6.18 Å². The van der Waals surface area contributed by atoms with Gasteiger partial charge in [0, 0.05) is 18.0 Å². The maximum atomic E-state index is 14.5. The summed E-state index contributed by atoms with van der Waals surface area (Å²) in [6.07, 6.45) is -2.03. The molecule has 188 valence electrons. The van der Waals surface area contributed by atoms with E-state index in [9.17, 15) is 31.6 Å². The molecule has 2 N–H and O–H groups in total. The van der Waals surface area contributed by atoms with Crippen LogP contribution in [0.3, 0.4) is 0 Å². The van der Waals surface area contributed by atoms with Gasteiger partial charge in [-0.15, -0.1) is 0 Å². The van der Waals surface area contributed by atoms with Crippen LogP contribution in [0.4, 0.5) is 13.2 Å². The first-order valence-corrected chi connectivity index (χ1v) is 12.9. The molecule has 1 aromatic carbocycles. The second kappa shape index (κ2) is 9.59. The Morgan fingerprint density at radius 2 is 1.80 bits per heavy atom. The monoisotopic (exact) mass is 508 g/mol. The molecule has 1 aliphatic rings. The highest BCUT2D eigenvalue weighted by Gasteiger charge is 2.60. The summed E-state index contributed by atoms with van der Waals surface area (Å²) >= 11 is 0. The smallest absolute Gasteiger partial charge is 0.368 e. The molecule has 7 nitrogen and oxygen atoms in total. The average Bonchev–Trinajstić information content (AvgIpc) is 3.56. The van der Waals surface area contributed by atoms with E-state index in [0.717, 1.165) is 11.2 Å². The Bertz CT molecular complexity index is 1220. The number of primary amides is 1. The van der Waals surface area contributed by atoms with Crippen molar-refractivity contribution in [3.8, 4) is 17.3 Å². The maximum Gasteiger partial charge on any atom is 0.408 e. The summed E-state index contributed by atoms with van der Waals surface area (Å²) in [4.78, 5) is 17.4. The van der Waals surface area contributed by atoms with Crippen molar-refractivity contribution in [2.24, 2.45) is 11.7 Å². The molecule has 11 heteroatoms. The van der Waals surface area contributed by atoms with Crippen molar-refractivity contribution in [3.63, 3.8) is 0 Å². The predicted octanol–water partition coefficient (Wildman–Crippen LogP) is 4.01. The fourth-order valence-corrected chi connectivity index (χ4v) is 4.76. The van der Waals surface area contributed by atoms with Crippen molar-refractivity contribution < 1.29 is 26.4 Å². The lowest BCUT2D eigenvalue weighted by molar-refractivity contribution is -0.200. The Morgan fingerprint density at radius 3 is 2.17 bits per heavy atom. The number of aromatic nitrogens is 1. The van der Waals surface area contributed by atoms with Gasteiger partial charge in [0.05, 0.1) is 22.7 Å². The van der Waals surface area contributed by atoms with Crippen LogP contribution >= 0.6 is 0 Å². The number of carbonyl (C=O) groups is 1. The van der Waals surface area contributed by atoms with Crippen LogP contribution in [-0.2, 0) is 14.6 Å². The number of nitriles is 1. The van der Waals surface area contributed by atoms with Crippen LogP contribution in [0.1, 0.15) is 44.7 Å². The van der Waals surface area contributed by atoms with Crippen molar-refractivity contribution in [3.05, 3.63) is 48.2 Å². The first-order chi connectivity index (χ1) is 16.2. The molecule has 0 radical (unpaired) electrons. The van der Waals surface area contributed by atoms with Crippen LogP contribution in [0.5, 0.6) is 0 Å². The summed E-state index contributed by atoms with van der Waals surface area (Å²) in [6.45, 7) is 3.55. The molecular formula is C24H27F3N4O3S. The van der Waals surface area contributed by atoms with Crippen molar-refractivity contribution >= 4 is 15.7 Å². The number of rotatable bonds is 9. The van der Waals surface area contributed by atoms with E-state index in [-0.39, 0.29) is 35.6 Å². The lowest BCUT2D eigenvalue weighted by Gasteiger charge is -2.41. The van der Waals surface area contributed by atoms with E-state index in [0.29, 0.717) is 11.3 Å². The zero-order valence-electron chi connectivity index (χ0n) is 19.6. The lowest BCUT2D eigenvalue weighted by atomic mass is 9.93. The molecule has 1 heterocycles. The molecule has 1 amide bonds. The molecule has 0 spiro atoms. The van der Waals surface area contributed by atoms with Gasteiger partial charge in [0.2, 0.25) is 5.91 Å². The Balaban J connectivity index is 2.05. The highest BCUT2D eigenvalue weighted by atomic mass is 32.2. The number of sulfone groups is 1. The molecule has 0 unspecified atom stereocenters. The molecule has 2 aromatic rings. The first kappa shape index (κ1) is 26.6. The number of hydrogen-bond donors (Lipinski definition) is 1. The van der Waals surface area contributed by atoms with Gasteiger partial charge in [0.1, 0.15) is 11.6 Å². The summed E-state index contributed by atoms with van der Waals surface area (Å²) < 4.78 is 66.8. The third kappa shape index (κ3) is 5.82. The lowest BCUT2D eigenvalue weighted by Crippen LogP contribution is -2.56. The number of halogens is 3. The quantitative estimate of drug-likeness (QED) is 0.547. The highest BCUT2D eigenvalue weighted by molar-refractivity contribution is 7.90. The van der Waals surface area contributed by atoms with Crippen LogP contribution in [0.2, 0.25) is 0 Å². The van der Waals surface area contributed by atoms with Crippen LogP contribution < -0.4 is 5.73 Å². The third-order valence-corrected chi connectivity index (χ3v) is 7.16. The number of carbonyl (C=O) groups excluding carboxylic acids is 1. The maximum absolute atomic E-state index is 14.5.